The molecule has 11 heteroatoms. The molecule has 0 spiro atoms. The molecule has 31 heavy (non-hydrogen) atoms. The average Bonchev–Trinajstić information content (AvgIpc) is 3.17. The van der Waals surface area contributed by atoms with Crippen LogP contribution in [0.1, 0.15) is 42.5 Å². The summed E-state index contributed by atoms with van der Waals surface area (Å²) < 4.78 is 6.64. The number of esters is 1. The number of carbonyl (C=O) groups excluding carboxylic acids is 2. The Balaban J connectivity index is 1.54. The molecule has 0 atom stereocenters. The minimum atomic E-state index is -0.802. The van der Waals surface area contributed by atoms with Crippen molar-refractivity contribution in [3.05, 3.63) is 51.9 Å². The van der Waals surface area contributed by atoms with Gasteiger partial charge in [-0.1, -0.05) is 11.6 Å². The fourth-order valence-electron chi connectivity index (χ4n) is 3.10. The van der Waals surface area contributed by atoms with E-state index < -0.39 is 23.4 Å². The van der Waals surface area contributed by atoms with Gasteiger partial charge in [0.1, 0.15) is 6.33 Å². The van der Waals surface area contributed by atoms with Gasteiger partial charge in [-0.3, -0.25) is 14.9 Å². The van der Waals surface area contributed by atoms with Crippen LogP contribution in [0.25, 0.3) is 0 Å². The third-order valence-electron chi connectivity index (χ3n) is 4.75. The zero-order valence-corrected chi connectivity index (χ0v) is 17.9. The number of ether oxygens (including phenoxy) is 1. The predicted molar refractivity (Wildman–Crippen MR) is 113 cm³/mol. The van der Waals surface area contributed by atoms with Crippen molar-refractivity contribution in [2.24, 2.45) is 7.05 Å². The first-order valence-electron chi connectivity index (χ1n) is 9.86. The van der Waals surface area contributed by atoms with Gasteiger partial charge >= 0.3 is 5.97 Å². The van der Waals surface area contributed by atoms with E-state index in [1.165, 1.54) is 36.9 Å². The highest BCUT2D eigenvalue weighted by Gasteiger charge is 2.21. The molecule has 1 aliphatic carbocycles. The number of hydrogen-bond donors (Lipinski definition) is 1. The lowest BCUT2D eigenvalue weighted by atomic mass is 9.97. The van der Waals surface area contributed by atoms with E-state index in [1.54, 1.807) is 11.6 Å². The molecule has 3 rings (SSSR count). The maximum atomic E-state index is 12.3. The molecule has 0 aliphatic heterocycles. The fourth-order valence-corrected chi connectivity index (χ4v) is 3.95. The first-order valence-corrected chi connectivity index (χ1v) is 10.7. The molecule has 0 bridgehead atoms. The number of aromatic nitrogens is 3. The number of benzene rings is 1. The monoisotopic (exact) mass is 445 g/mol. The smallest absolute Gasteiger partial charge is 0.338 e. The van der Waals surface area contributed by atoms with Crippen molar-refractivity contribution in [3.8, 4) is 0 Å². The van der Waals surface area contributed by atoms with Gasteiger partial charge in [0.05, 0.1) is 15.4 Å². The molecule has 1 amide bonds. The van der Waals surface area contributed by atoms with Crippen LogP contribution in [-0.4, -0.2) is 44.7 Å². The number of nitro groups is 1. The van der Waals surface area contributed by atoms with E-state index in [0.717, 1.165) is 37.1 Å². The largest absolute Gasteiger partial charge is 0.452 e. The second-order valence-electron chi connectivity index (χ2n) is 7.05. The number of amides is 1. The van der Waals surface area contributed by atoms with Gasteiger partial charge < -0.3 is 14.6 Å². The van der Waals surface area contributed by atoms with Crippen LogP contribution in [0.2, 0.25) is 0 Å². The molecule has 1 aliphatic rings. The molecule has 2 aromatic rings. The minimum Gasteiger partial charge on any atom is -0.452 e. The summed E-state index contributed by atoms with van der Waals surface area (Å²) in [7, 11) is 1.72. The number of hydrogen-bond acceptors (Lipinski definition) is 8. The van der Waals surface area contributed by atoms with E-state index in [-0.39, 0.29) is 11.3 Å². The van der Waals surface area contributed by atoms with Gasteiger partial charge in [0.15, 0.2) is 11.8 Å². The number of nitrogens with zero attached hydrogens (tertiary/aromatic N) is 4. The number of nitro benzene ring substituents is 1. The Bertz CT molecular complexity index is 1000. The Kier molecular flexibility index (Phi) is 7.76. The normalized spacial score (nSPS) is 13.4. The number of rotatable bonds is 9. The lowest BCUT2D eigenvalue weighted by Gasteiger charge is -2.13. The van der Waals surface area contributed by atoms with Crippen LogP contribution in [0.5, 0.6) is 0 Å². The van der Waals surface area contributed by atoms with Crippen molar-refractivity contribution in [1.29, 1.82) is 0 Å². The highest BCUT2D eigenvalue weighted by Crippen LogP contribution is 2.34. The Labute approximate surface area is 183 Å². The lowest BCUT2D eigenvalue weighted by molar-refractivity contribution is -0.387. The van der Waals surface area contributed by atoms with E-state index in [1.807, 2.05) is 0 Å². The van der Waals surface area contributed by atoms with E-state index in [2.05, 4.69) is 21.6 Å². The standard InChI is InChI=1S/C20H23N5O5S/c1-24-13-22-23-20(24)31-17-8-7-15(11-16(17)25(28)29)19(27)30-12-18(26)21-10-9-14-5-3-2-4-6-14/h5,7-8,11,13H,2-4,6,9-10,12H2,1H3,(H,21,26). The summed E-state index contributed by atoms with van der Waals surface area (Å²) in [5.74, 6) is -1.21. The average molecular weight is 446 g/mol. The van der Waals surface area contributed by atoms with Gasteiger partial charge in [-0.05, 0) is 56.0 Å². The summed E-state index contributed by atoms with van der Waals surface area (Å²) in [6.45, 7) is 0.0444. The highest BCUT2D eigenvalue weighted by atomic mass is 32.2. The van der Waals surface area contributed by atoms with E-state index in [4.69, 9.17) is 4.74 Å². The molecule has 1 aromatic carbocycles. The maximum Gasteiger partial charge on any atom is 0.338 e. The summed E-state index contributed by atoms with van der Waals surface area (Å²) in [6.07, 6.45) is 9.03. The molecule has 10 nitrogen and oxygen atoms in total. The van der Waals surface area contributed by atoms with Gasteiger partial charge in [-0.15, -0.1) is 10.2 Å². The van der Waals surface area contributed by atoms with E-state index in [0.29, 0.717) is 16.6 Å². The molecule has 1 N–H and O–H groups in total. The number of carbonyl (C=O) groups is 2. The summed E-state index contributed by atoms with van der Waals surface area (Å²) in [5.41, 5.74) is 1.08. The van der Waals surface area contributed by atoms with E-state index >= 15 is 0 Å². The van der Waals surface area contributed by atoms with Crippen molar-refractivity contribution in [2.45, 2.75) is 42.2 Å². The fraction of sp³-hybridized carbons (Fsp3) is 0.400. The zero-order valence-electron chi connectivity index (χ0n) is 17.1. The van der Waals surface area contributed by atoms with Crippen LogP contribution in [0, 0.1) is 10.1 Å². The van der Waals surface area contributed by atoms with Gasteiger partial charge in [0.2, 0.25) is 0 Å². The second kappa shape index (κ2) is 10.7. The molecule has 0 fully saturated rings. The Morgan fingerprint density at radius 2 is 2.19 bits per heavy atom. The molecule has 0 radical (unpaired) electrons. The molecule has 1 aromatic heterocycles. The van der Waals surface area contributed by atoms with Crippen molar-refractivity contribution in [3.63, 3.8) is 0 Å². The predicted octanol–water partition coefficient (Wildman–Crippen LogP) is 3.04. The first-order chi connectivity index (χ1) is 14.9. The van der Waals surface area contributed by atoms with Gasteiger partial charge in [0.25, 0.3) is 11.6 Å². The Hall–Kier alpha value is -3.21. The molecule has 0 unspecified atom stereocenters. The molecule has 0 saturated carbocycles. The quantitative estimate of drug-likeness (QED) is 0.270. The van der Waals surface area contributed by atoms with Gasteiger partial charge in [0, 0.05) is 19.7 Å². The van der Waals surface area contributed by atoms with Crippen molar-refractivity contribution < 1.29 is 19.2 Å². The highest BCUT2D eigenvalue weighted by molar-refractivity contribution is 7.99. The molecule has 0 saturated heterocycles. The first kappa shape index (κ1) is 22.5. The third-order valence-corrected chi connectivity index (χ3v) is 5.87. The minimum absolute atomic E-state index is 0.00539. The van der Waals surface area contributed by atoms with Crippen LogP contribution in [0.15, 0.2) is 46.2 Å². The summed E-state index contributed by atoms with van der Waals surface area (Å²) >= 11 is 1.06. The van der Waals surface area contributed by atoms with Gasteiger partial charge in [-0.25, -0.2) is 4.79 Å². The summed E-state index contributed by atoms with van der Waals surface area (Å²) in [4.78, 5) is 35.4. The topological polar surface area (TPSA) is 129 Å². The second-order valence-corrected chi connectivity index (χ2v) is 8.06. The number of allylic oxidation sites excluding steroid dienone is 1. The molecule has 1 heterocycles. The van der Waals surface area contributed by atoms with Crippen molar-refractivity contribution >= 4 is 29.3 Å². The Morgan fingerprint density at radius 1 is 1.35 bits per heavy atom. The van der Waals surface area contributed by atoms with Crippen LogP contribution in [-0.2, 0) is 16.6 Å². The van der Waals surface area contributed by atoms with E-state index in [9.17, 15) is 19.7 Å². The Morgan fingerprint density at radius 3 is 2.87 bits per heavy atom. The maximum absolute atomic E-state index is 12.3. The lowest BCUT2D eigenvalue weighted by Crippen LogP contribution is -2.29. The van der Waals surface area contributed by atoms with Crippen LogP contribution >= 0.6 is 11.8 Å². The third kappa shape index (κ3) is 6.38. The summed E-state index contributed by atoms with van der Waals surface area (Å²) in [5, 5.41) is 22.3. The van der Waals surface area contributed by atoms with Crippen molar-refractivity contribution in [1.82, 2.24) is 20.1 Å². The van der Waals surface area contributed by atoms with Crippen molar-refractivity contribution in [2.75, 3.05) is 13.2 Å². The zero-order chi connectivity index (χ0) is 22.2. The van der Waals surface area contributed by atoms with Gasteiger partial charge in [-0.2, -0.15) is 0 Å². The van der Waals surface area contributed by atoms with Crippen LogP contribution in [0.3, 0.4) is 0 Å². The van der Waals surface area contributed by atoms with Crippen LogP contribution in [0.4, 0.5) is 5.69 Å². The molecular weight excluding hydrogens is 422 g/mol. The van der Waals surface area contributed by atoms with Crippen LogP contribution < -0.4 is 5.32 Å². The number of nitrogens with one attached hydrogen (secondary N) is 1. The SMILES string of the molecule is Cn1cnnc1Sc1ccc(C(=O)OCC(=O)NCCC2=CCCCC2)cc1[N+](=O)[O-]. The summed E-state index contributed by atoms with van der Waals surface area (Å²) in [6, 6.07) is 4.00. The molecule has 164 valence electrons. The molecular formula is C20H23N5O5S. The number of aryl methyl sites for hydroxylation is 1.